The van der Waals surface area contributed by atoms with E-state index in [1.165, 1.54) is 18.1 Å². The second-order valence-electron chi connectivity index (χ2n) is 2.47. The van der Waals surface area contributed by atoms with Crippen LogP contribution < -0.4 is 5.43 Å². The predicted molar refractivity (Wildman–Crippen MR) is 47.3 cm³/mol. The third-order valence-corrected chi connectivity index (χ3v) is 2.42. The Morgan fingerprint density at radius 3 is 3.15 bits per heavy atom. The lowest BCUT2D eigenvalue weighted by atomic mass is 10.3. The molecule has 0 spiro atoms. The van der Waals surface area contributed by atoms with E-state index in [9.17, 15) is 4.79 Å². The topological polar surface area (TPSA) is 83.0 Å². The van der Waals surface area contributed by atoms with Gasteiger partial charge >= 0.3 is 0 Å². The van der Waals surface area contributed by atoms with Gasteiger partial charge in [0.25, 0.3) is 0 Å². The van der Waals surface area contributed by atoms with Crippen LogP contribution in [0.1, 0.15) is 6.42 Å². The van der Waals surface area contributed by atoms with Crippen LogP contribution in [0.25, 0.3) is 0 Å². The fourth-order valence-corrected chi connectivity index (χ4v) is 1.61. The molecule has 13 heavy (non-hydrogen) atoms. The zero-order valence-electron chi connectivity index (χ0n) is 6.65. The summed E-state index contributed by atoms with van der Waals surface area (Å²) >= 11 is 1.47. The summed E-state index contributed by atoms with van der Waals surface area (Å²) in [4.78, 5) is 14.7. The molecule has 2 N–H and O–H groups in total. The normalized spacial score (nSPS) is 15.7. The minimum atomic E-state index is -0.0480. The van der Waals surface area contributed by atoms with Gasteiger partial charge in [-0.3, -0.25) is 9.89 Å². The molecule has 0 aromatic carbocycles. The first-order valence-corrected chi connectivity index (χ1v) is 4.65. The van der Waals surface area contributed by atoms with Gasteiger partial charge in [0.2, 0.25) is 5.91 Å². The average Bonchev–Trinajstić information content (AvgIpc) is 2.71. The molecule has 2 heterocycles. The highest BCUT2D eigenvalue weighted by molar-refractivity contribution is 7.99. The van der Waals surface area contributed by atoms with Gasteiger partial charge in [-0.05, 0) is 0 Å². The zero-order valence-corrected chi connectivity index (χ0v) is 7.47. The van der Waals surface area contributed by atoms with Crippen LogP contribution in [0.15, 0.2) is 16.6 Å². The van der Waals surface area contributed by atoms with E-state index in [-0.39, 0.29) is 5.91 Å². The molecule has 1 aliphatic heterocycles. The number of hydrogen-bond acceptors (Lipinski definition) is 5. The van der Waals surface area contributed by atoms with Gasteiger partial charge in [-0.15, -0.1) is 0 Å². The number of aromatic nitrogens is 3. The number of rotatable bonds is 3. The summed E-state index contributed by atoms with van der Waals surface area (Å²) in [5.41, 5.74) is 3.23. The molecule has 1 aromatic heterocycles. The van der Waals surface area contributed by atoms with Gasteiger partial charge in [-0.25, -0.2) is 10.4 Å². The maximum atomic E-state index is 10.7. The van der Waals surface area contributed by atoms with Crippen LogP contribution >= 0.6 is 11.8 Å². The van der Waals surface area contributed by atoms with Crippen molar-refractivity contribution in [3.63, 3.8) is 0 Å². The van der Waals surface area contributed by atoms with E-state index in [2.05, 4.69) is 25.7 Å². The summed E-state index contributed by atoms with van der Waals surface area (Å²) in [7, 11) is 0. The van der Waals surface area contributed by atoms with Gasteiger partial charge in [0.05, 0.1) is 12.1 Å². The minimum Gasteiger partial charge on any atom is -0.273 e. The maximum absolute atomic E-state index is 10.7. The van der Waals surface area contributed by atoms with Crippen molar-refractivity contribution in [2.45, 2.75) is 11.6 Å². The number of hydrazone groups is 1. The number of amides is 1. The Morgan fingerprint density at radius 2 is 2.54 bits per heavy atom. The Labute approximate surface area is 78.2 Å². The fourth-order valence-electron chi connectivity index (χ4n) is 0.905. The highest BCUT2D eigenvalue weighted by Crippen LogP contribution is 2.12. The molecule has 6 nitrogen and oxygen atoms in total. The second kappa shape index (κ2) is 3.56. The highest BCUT2D eigenvalue weighted by Gasteiger charge is 2.14. The van der Waals surface area contributed by atoms with Crippen LogP contribution in [-0.2, 0) is 4.79 Å². The molecule has 0 radical (unpaired) electrons. The van der Waals surface area contributed by atoms with E-state index in [1.54, 1.807) is 0 Å². The minimum absolute atomic E-state index is 0.0480. The number of hydrogen-bond donors (Lipinski definition) is 2. The second-order valence-corrected chi connectivity index (χ2v) is 3.43. The summed E-state index contributed by atoms with van der Waals surface area (Å²) in [6.07, 6.45) is 1.84. The summed E-state index contributed by atoms with van der Waals surface area (Å²) in [5, 5.41) is 11.0. The predicted octanol–water partition coefficient (Wildman–Crippen LogP) is -0.227. The van der Waals surface area contributed by atoms with Gasteiger partial charge in [-0.1, -0.05) is 11.8 Å². The number of H-pyrrole nitrogens is 1. The molecule has 1 amide bonds. The van der Waals surface area contributed by atoms with E-state index < -0.39 is 0 Å². The van der Waals surface area contributed by atoms with Crippen LogP contribution in [0.4, 0.5) is 0 Å². The first kappa shape index (κ1) is 8.24. The summed E-state index contributed by atoms with van der Waals surface area (Å²) < 4.78 is 0. The number of thioether (sulfide) groups is 1. The highest BCUT2D eigenvalue weighted by atomic mass is 32.2. The quantitative estimate of drug-likeness (QED) is 0.656. The zero-order chi connectivity index (χ0) is 9.10. The molecule has 1 aliphatic rings. The summed E-state index contributed by atoms with van der Waals surface area (Å²) in [6, 6.07) is 0. The molecule has 0 bridgehead atoms. The molecule has 1 aromatic rings. The van der Waals surface area contributed by atoms with Gasteiger partial charge in [-0.2, -0.15) is 10.2 Å². The van der Waals surface area contributed by atoms with Crippen molar-refractivity contribution in [1.29, 1.82) is 0 Å². The Morgan fingerprint density at radius 1 is 1.62 bits per heavy atom. The Kier molecular flexibility index (Phi) is 2.26. The smallest absolute Gasteiger partial charge is 0.245 e. The number of nitrogens with one attached hydrogen (secondary N) is 2. The standard InChI is InChI=1S/C6H7N5OS/c12-5-1-4(9-10-5)2-13-6-7-3-8-11-6/h3H,1-2H2,(H,10,12)(H,7,8,11). The van der Waals surface area contributed by atoms with E-state index in [4.69, 9.17) is 0 Å². The van der Waals surface area contributed by atoms with Crippen molar-refractivity contribution < 1.29 is 4.79 Å². The van der Waals surface area contributed by atoms with Gasteiger partial charge in [0.15, 0.2) is 5.16 Å². The maximum Gasteiger partial charge on any atom is 0.245 e. The van der Waals surface area contributed by atoms with Crippen molar-refractivity contribution in [2.75, 3.05) is 5.75 Å². The molecule has 2 rings (SSSR count). The van der Waals surface area contributed by atoms with E-state index in [1.807, 2.05) is 0 Å². The van der Waals surface area contributed by atoms with Crippen molar-refractivity contribution in [3.05, 3.63) is 6.33 Å². The van der Waals surface area contributed by atoms with Crippen molar-refractivity contribution in [1.82, 2.24) is 20.6 Å². The largest absolute Gasteiger partial charge is 0.273 e. The molecule has 0 fully saturated rings. The lowest BCUT2D eigenvalue weighted by molar-refractivity contribution is -0.119. The van der Waals surface area contributed by atoms with Crippen LogP contribution in [0, 0.1) is 0 Å². The van der Waals surface area contributed by atoms with Gasteiger partial charge < -0.3 is 0 Å². The van der Waals surface area contributed by atoms with Gasteiger partial charge in [0, 0.05) is 5.75 Å². The lowest BCUT2D eigenvalue weighted by Gasteiger charge is -1.93. The third kappa shape index (κ3) is 2.05. The van der Waals surface area contributed by atoms with Crippen LogP contribution in [0.3, 0.4) is 0 Å². The molecule has 0 unspecified atom stereocenters. The molecule has 0 aliphatic carbocycles. The molecular formula is C6H7N5OS. The average molecular weight is 197 g/mol. The summed E-state index contributed by atoms with van der Waals surface area (Å²) in [5.74, 6) is 0.613. The number of nitrogens with zero attached hydrogens (tertiary/aromatic N) is 3. The molecular weight excluding hydrogens is 190 g/mol. The van der Waals surface area contributed by atoms with Crippen LogP contribution in [0.5, 0.6) is 0 Å². The van der Waals surface area contributed by atoms with Crippen molar-refractivity contribution >= 4 is 23.4 Å². The molecule has 0 saturated heterocycles. The third-order valence-electron chi connectivity index (χ3n) is 1.47. The Balaban J connectivity index is 1.84. The number of aromatic amines is 1. The van der Waals surface area contributed by atoms with E-state index in [0.717, 1.165) is 10.9 Å². The monoisotopic (exact) mass is 197 g/mol. The van der Waals surface area contributed by atoms with Crippen molar-refractivity contribution in [3.8, 4) is 0 Å². The molecule has 68 valence electrons. The Hall–Kier alpha value is -1.37. The molecule has 0 saturated carbocycles. The number of carbonyl (C=O) groups excluding carboxylic acids is 1. The Bertz CT molecular complexity index is 333. The fraction of sp³-hybridized carbons (Fsp3) is 0.333. The van der Waals surface area contributed by atoms with Crippen LogP contribution in [-0.4, -0.2) is 32.6 Å². The number of carbonyl (C=O) groups is 1. The summed E-state index contributed by atoms with van der Waals surface area (Å²) in [6.45, 7) is 0. The SMILES string of the molecule is O=C1CC(CSc2ncn[nH]2)=NN1. The first-order valence-electron chi connectivity index (χ1n) is 3.67. The lowest BCUT2D eigenvalue weighted by Crippen LogP contribution is -2.09. The van der Waals surface area contributed by atoms with Crippen molar-refractivity contribution in [2.24, 2.45) is 5.10 Å². The molecule has 7 heteroatoms. The van der Waals surface area contributed by atoms with Crippen LogP contribution in [0.2, 0.25) is 0 Å². The van der Waals surface area contributed by atoms with E-state index >= 15 is 0 Å². The van der Waals surface area contributed by atoms with Gasteiger partial charge in [0.1, 0.15) is 6.33 Å². The molecule has 0 atom stereocenters. The van der Waals surface area contributed by atoms with E-state index in [0.29, 0.717) is 12.2 Å². The first-order chi connectivity index (χ1) is 6.34.